The van der Waals surface area contributed by atoms with Crippen molar-refractivity contribution in [3.63, 3.8) is 0 Å². The summed E-state index contributed by atoms with van der Waals surface area (Å²) in [4.78, 5) is 15.9. The van der Waals surface area contributed by atoms with Crippen molar-refractivity contribution in [3.05, 3.63) is 34.2 Å². The van der Waals surface area contributed by atoms with Crippen molar-refractivity contribution >= 4 is 28.1 Å². The molecule has 3 rings (SSSR count). The molecule has 2 aromatic heterocycles. The molecule has 0 bridgehead atoms. The van der Waals surface area contributed by atoms with Crippen LogP contribution < -0.4 is 10.9 Å². The molecule has 0 unspecified atom stereocenters. The van der Waals surface area contributed by atoms with Gasteiger partial charge < -0.3 is 14.2 Å². The predicted octanol–water partition coefficient (Wildman–Crippen LogP) is 3.45. The fourth-order valence-corrected chi connectivity index (χ4v) is 2.22. The quantitative estimate of drug-likeness (QED) is 0.582. The molecule has 5 heteroatoms. The molecule has 0 aliphatic rings. The Bertz CT molecular complexity index is 817. The number of hydrogen-bond donors (Lipinski definition) is 1. The van der Waals surface area contributed by atoms with Gasteiger partial charge in [-0.3, -0.25) is 0 Å². The molecule has 1 aromatic carbocycles. The summed E-state index contributed by atoms with van der Waals surface area (Å²) in [6.45, 7) is 4.81. The lowest BCUT2D eigenvalue weighted by molar-refractivity contribution is 0.562. The number of rotatable bonds is 4. The lowest BCUT2D eigenvalue weighted by atomic mass is 10.1. The Hall–Kier alpha value is -2.30. The predicted molar refractivity (Wildman–Crippen MR) is 78.2 cm³/mol. The van der Waals surface area contributed by atoms with Gasteiger partial charge in [0.05, 0.1) is 0 Å². The lowest BCUT2D eigenvalue weighted by Gasteiger charge is -1.98. The van der Waals surface area contributed by atoms with Crippen LogP contribution in [0.1, 0.15) is 25.3 Å². The van der Waals surface area contributed by atoms with Crippen LogP contribution in [-0.2, 0) is 0 Å². The van der Waals surface area contributed by atoms with Gasteiger partial charge in [0.1, 0.15) is 0 Å². The average molecular weight is 272 g/mol. The summed E-state index contributed by atoms with van der Waals surface area (Å²) in [5.41, 5.74) is 2.19. The number of unbranched alkanes of at least 4 members (excludes halogenated alkanes) is 1. The average Bonchev–Trinajstić information content (AvgIpc) is 2.82. The molecule has 3 aromatic rings. The number of hydrogen-bond acceptors (Lipinski definition) is 5. The molecule has 0 aliphatic carbocycles. The van der Waals surface area contributed by atoms with Crippen LogP contribution in [0.3, 0.4) is 0 Å². The standard InChI is InChI=1S/C15H16N2O3/c1-3-4-7-16-15-17-13-11(19-15)6-5-10-9(2)8-12(18)20-14(10)13/h5-6,8H,3-4,7H2,1-2H3,(H,16,17). The Balaban J connectivity index is 2.13. The summed E-state index contributed by atoms with van der Waals surface area (Å²) in [7, 11) is 0. The molecule has 0 amide bonds. The van der Waals surface area contributed by atoms with Crippen LogP contribution in [0.25, 0.3) is 22.1 Å². The highest BCUT2D eigenvalue weighted by Crippen LogP contribution is 2.28. The first-order chi connectivity index (χ1) is 9.69. The Morgan fingerprint density at radius 2 is 2.15 bits per heavy atom. The Kier molecular flexibility index (Phi) is 3.18. The van der Waals surface area contributed by atoms with E-state index in [0.717, 1.165) is 30.3 Å². The van der Waals surface area contributed by atoms with Gasteiger partial charge in [-0.15, -0.1) is 0 Å². The van der Waals surface area contributed by atoms with E-state index in [1.54, 1.807) is 0 Å². The third-order valence-electron chi connectivity index (χ3n) is 3.28. The first-order valence-corrected chi connectivity index (χ1v) is 6.77. The summed E-state index contributed by atoms with van der Waals surface area (Å²) in [5, 5.41) is 4.01. The van der Waals surface area contributed by atoms with Crippen LogP contribution >= 0.6 is 0 Å². The van der Waals surface area contributed by atoms with E-state index in [0.29, 0.717) is 22.7 Å². The van der Waals surface area contributed by atoms with Crippen molar-refractivity contribution < 1.29 is 8.83 Å². The van der Waals surface area contributed by atoms with Gasteiger partial charge in [-0.05, 0) is 31.0 Å². The van der Waals surface area contributed by atoms with Crippen LogP contribution in [0, 0.1) is 6.92 Å². The van der Waals surface area contributed by atoms with Crippen molar-refractivity contribution in [2.75, 3.05) is 11.9 Å². The summed E-state index contributed by atoms with van der Waals surface area (Å²) in [6, 6.07) is 5.68. The molecule has 0 spiro atoms. The number of aromatic nitrogens is 1. The zero-order valence-electron chi connectivity index (χ0n) is 11.5. The van der Waals surface area contributed by atoms with Gasteiger partial charge in [0.2, 0.25) is 0 Å². The third-order valence-corrected chi connectivity index (χ3v) is 3.28. The molecule has 0 saturated carbocycles. The molecule has 0 saturated heterocycles. The van der Waals surface area contributed by atoms with Crippen LogP contribution in [-0.4, -0.2) is 11.5 Å². The maximum Gasteiger partial charge on any atom is 0.336 e. The minimum Gasteiger partial charge on any atom is -0.423 e. The number of benzene rings is 1. The highest BCUT2D eigenvalue weighted by molar-refractivity contribution is 6.01. The van der Waals surface area contributed by atoms with E-state index in [1.165, 1.54) is 6.07 Å². The van der Waals surface area contributed by atoms with Crippen LogP contribution in [0.5, 0.6) is 0 Å². The molecule has 2 heterocycles. The monoisotopic (exact) mass is 272 g/mol. The second-order valence-electron chi connectivity index (χ2n) is 4.84. The molecule has 5 nitrogen and oxygen atoms in total. The van der Waals surface area contributed by atoms with Crippen molar-refractivity contribution in [1.82, 2.24) is 4.98 Å². The van der Waals surface area contributed by atoms with Gasteiger partial charge in [-0.1, -0.05) is 13.3 Å². The van der Waals surface area contributed by atoms with E-state index in [1.807, 2.05) is 19.1 Å². The van der Waals surface area contributed by atoms with E-state index in [9.17, 15) is 4.79 Å². The fraction of sp³-hybridized carbons (Fsp3) is 0.333. The SMILES string of the molecule is CCCCNc1nc2c(ccc3c(C)cc(=O)oc32)o1. The minimum atomic E-state index is -0.369. The molecule has 0 radical (unpaired) electrons. The van der Waals surface area contributed by atoms with Crippen LogP contribution in [0.2, 0.25) is 0 Å². The lowest BCUT2D eigenvalue weighted by Crippen LogP contribution is -2.00. The second kappa shape index (κ2) is 5.00. The normalized spacial score (nSPS) is 11.3. The summed E-state index contributed by atoms with van der Waals surface area (Å²) in [5.74, 6) is 0. The zero-order valence-corrected chi connectivity index (χ0v) is 11.5. The number of aryl methyl sites for hydroxylation is 1. The van der Waals surface area contributed by atoms with Crippen molar-refractivity contribution in [3.8, 4) is 0 Å². The number of fused-ring (bicyclic) bond motifs is 3. The topological polar surface area (TPSA) is 68.3 Å². The van der Waals surface area contributed by atoms with Crippen molar-refractivity contribution in [2.45, 2.75) is 26.7 Å². The third kappa shape index (κ3) is 2.15. The van der Waals surface area contributed by atoms with Crippen LogP contribution in [0.4, 0.5) is 6.01 Å². The van der Waals surface area contributed by atoms with E-state index >= 15 is 0 Å². The van der Waals surface area contributed by atoms with Crippen LogP contribution in [0.15, 0.2) is 31.8 Å². The van der Waals surface area contributed by atoms with E-state index in [4.69, 9.17) is 8.83 Å². The van der Waals surface area contributed by atoms with E-state index < -0.39 is 0 Å². The fourth-order valence-electron chi connectivity index (χ4n) is 2.22. The minimum absolute atomic E-state index is 0.369. The Morgan fingerprint density at radius 1 is 1.30 bits per heavy atom. The van der Waals surface area contributed by atoms with Crippen molar-refractivity contribution in [1.29, 1.82) is 0 Å². The van der Waals surface area contributed by atoms with E-state index in [-0.39, 0.29) is 5.63 Å². The first-order valence-electron chi connectivity index (χ1n) is 6.77. The van der Waals surface area contributed by atoms with E-state index in [2.05, 4.69) is 17.2 Å². The Morgan fingerprint density at radius 3 is 2.95 bits per heavy atom. The molecular weight excluding hydrogens is 256 g/mol. The maximum atomic E-state index is 11.5. The maximum absolute atomic E-state index is 11.5. The number of nitrogens with zero attached hydrogens (tertiary/aromatic N) is 1. The zero-order chi connectivity index (χ0) is 14.1. The molecule has 0 aliphatic heterocycles. The van der Waals surface area contributed by atoms with Gasteiger partial charge in [0, 0.05) is 18.0 Å². The van der Waals surface area contributed by atoms with Gasteiger partial charge in [-0.2, -0.15) is 4.98 Å². The second-order valence-corrected chi connectivity index (χ2v) is 4.84. The molecule has 1 N–H and O–H groups in total. The number of nitrogens with one attached hydrogen (secondary N) is 1. The molecule has 0 atom stereocenters. The van der Waals surface area contributed by atoms with Gasteiger partial charge >= 0.3 is 5.63 Å². The largest absolute Gasteiger partial charge is 0.423 e. The molecular formula is C15H16N2O3. The van der Waals surface area contributed by atoms with Gasteiger partial charge in [0.15, 0.2) is 16.7 Å². The van der Waals surface area contributed by atoms with Crippen molar-refractivity contribution in [2.24, 2.45) is 0 Å². The summed E-state index contributed by atoms with van der Waals surface area (Å²) in [6.07, 6.45) is 2.15. The summed E-state index contributed by atoms with van der Waals surface area (Å²) >= 11 is 0. The Labute approximate surface area is 115 Å². The molecule has 20 heavy (non-hydrogen) atoms. The highest BCUT2D eigenvalue weighted by atomic mass is 16.4. The number of oxazole rings is 1. The number of anilines is 1. The smallest absolute Gasteiger partial charge is 0.336 e. The highest BCUT2D eigenvalue weighted by Gasteiger charge is 2.12. The molecule has 0 fully saturated rings. The first kappa shape index (κ1) is 12.7. The van der Waals surface area contributed by atoms with Gasteiger partial charge in [0.25, 0.3) is 6.01 Å². The summed E-state index contributed by atoms with van der Waals surface area (Å²) < 4.78 is 10.9. The molecule has 104 valence electrons. The van der Waals surface area contributed by atoms with Gasteiger partial charge in [-0.25, -0.2) is 4.79 Å².